The normalized spacial score (nSPS) is 11.8. The van der Waals surface area contributed by atoms with Gasteiger partial charge in [0.1, 0.15) is 0 Å². The van der Waals surface area contributed by atoms with Crippen molar-refractivity contribution in [3.8, 4) is 0 Å². The van der Waals surface area contributed by atoms with Crippen LogP contribution in [-0.2, 0) is 17.1 Å². The van der Waals surface area contributed by atoms with Gasteiger partial charge < -0.3 is 4.42 Å². The molecule has 1 N–H and O–H groups in total. The Kier molecular flexibility index (Phi) is 3.87. The standard InChI is InChI=1S/C14H10Cl2N2O4S/c1-18-12-6-8(2-5-13(12)22-14(18)19)17-23(20,21)9-3-4-10(15)11(16)7-9/h2-7,17H,1H3. The first-order chi connectivity index (χ1) is 10.8. The molecule has 0 aliphatic carbocycles. The molecule has 0 unspecified atom stereocenters. The summed E-state index contributed by atoms with van der Waals surface area (Å²) >= 11 is 11.6. The molecule has 0 aliphatic rings. The molecule has 9 heteroatoms. The molecule has 3 aromatic rings. The smallest absolute Gasteiger partial charge is 0.408 e. The second-order valence-electron chi connectivity index (χ2n) is 4.79. The van der Waals surface area contributed by atoms with Gasteiger partial charge in [0.2, 0.25) is 0 Å². The minimum Gasteiger partial charge on any atom is -0.408 e. The van der Waals surface area contributed by atoms with E-state index in [1.54, 1.807) is 0 Å². The van der Waals surface area contributed by atoms with Crippen LogP contribution in [0.2, 0.25) is 10.0 Å². The molecule has 1 heterocycles. The maximum absolute atomic E-state index is 12.4. The van der Waals surface area contributed by atoms with Crippen molar-refractivity contribution in [3.63, 3.8) is 0 Å². The van der Waals surface area contributed by atoms with Gasteiger partial charge in [-0.3, -0.25) is 9.29 Å². The van der Waals surface area contributed by atoms with E-state index in [1.165, 1.54) is 48.0 Å². The quantitative estimate of drug-likeness (QED) is 0.764. The lowest BCUT2D eigenvalue weighted by Crippen LogP contribution is -2.13. The number of oxazole rings is 1. The Morgan fingerprint density at radius 2 is 1.83 bits per heavy atom. The van der Waals surface area contributed by atoms with E-state index >= 15 is 0 Å². The zero-order valence-corrected chi connectivity index (χ0v) is 14.0. The summed E-state index contributed by atoms with van der Waals surface area (Å²) in [7, 11) is -2.31. The van der Waals surface area contributed by atoms with Crippen LogP contribution in [0, 0.1) is 0 Å². The molecule has 0 spiro atoms. The lowest BCUT2D eigenvalue weighted by atomic mass is 10.3. The Morgan fingerprint density at radius 3 is 2.52 bits per heavy atom. The molecule has 2 aromatic carbocycles. The van der Waals surface area contributed by atoms with E-state index in [-0.39, 0.29) is 14.9 Å². The first-order valence-corrected chi connectivity index (χ1v) is 8.59. The third kappa shape index (κ3) is 2.95. The highest BCUT2D eigenvalue weighted by molar-refractivity contribution is 7.92. The van der Waals surface area contributed by atoms with Gasteiger partial charge in [0.25, 0.3) is 10.0 Å². The molecule has 0 fully saturated rings. The Morgan fingerprint density at radius 1 is 1.09 bits per heavy atom. The monoisotopic (exact) mass is 372 g/mol. The Bertz CT molecular complexity index is 1070. The Balaban J connectivity index is 2.01. The minimum atomic E-state index is -3.84. The Labute approximate surface area is 141 Å². The molecule has 1 aromatic heterocycles. The highest BCUT2D eigenvalue weighted by Crippen LogP contribution is 2.26. The molecule has 3 rings (SSSR count). The van der Waals surface area contributed by atoms with Crippen LogP contribution in [0.5, 0.6) is 0 Å². The van der Waals surface area contributed by atoms with Gasteiger partial charge in [-0.05, 0) is 36.4 Å². The van der Waals surface area contributed by atoms with Crippen LogP contribution < -0.4 is 10.5 Å². The van der Waals surface area contributed by atoms with Gasteiger partial charge in [-0.1, -0.05) is 23.2 Å². The number of rotatable bonds is 3. The summed E-state index contributed by atoms with van der Waals surface area (Å²) in [6.07, 6.45) is 0. The summed E-state index contributed by atoms with van der Waals surface area (Å²) in [6, 6.07) is 8.54. The largest absolute Gasteiger partial charge is 0.419 e. The van der Waals surface area contributed by atoms with Crippen LogP contribution >= 0.6 is 23.2 Å². The van der Waals surface area contributed by atoms with Gasteiger partial charge >= 0.3 is 5.76 Å². The Hall–Kier alpha value is -1.96. The average Bonchev–Trinajstić information content (AvgIpc) is 2.77. The third-order valence-corrected chi connectivity index (χ3v) is 5.36. The summed E-state index contributed by atoms with van der Waals surface area (Å²) in [4.78, 5) is 11.4. The number of aryl methyl sites for hydroxylation is 1. The lowest BCUT2D eigenvalue weighted by Gasteiger charge is -2.09. The van der Waals surface area contributed by atoms with Gasteiger partial charge in [-0.25, -0.2) is 13.2 Å². The number of nitrogens with zero attached hydrogens (tertiary/aromatic N) is 1. The molecular formula is C14H10Cl2N2O4S. The molecule has 6 nitrogen and oxygen atoms in total. The fourth-order valence-corrected chi connectivity index (χ4v) is 3.49. The molecule has 0 saturated carbocycles. The van der Waals surface area contributed by atoms with Crippen molar-refractivity contribution in [2.75, 3.05) is 4.72 Å². The zero-order valence-electron chi connectivity index (χ0n) is 11.7. The molecule has 0 radical (unpaired) electrons. The van der Waals surface area contributed by atoms with E-state index < -0.39 is 15.8 Å². The van der Waals surface area contributed by atoms with Crippen LogP contribution in [-0.4, -0.2) is 13.0 Å². The van der Waals surface area contributed by atoms with Crippen molar-refractivity contribution in [1.29, 1.82) is 0 Å². The molecule has 0 amide bonds. The van der Waals surface area contributed by atoms with Crippen LogP contribution in [0.1, 0.15) is 0 Å². The molecule has 0 atom stereocenters. The SMILES string of the molecule is Cn1c(=O)oc2ccc(NS(=O)(=O)c3ccc(Cl)c(Cl)c3)cc21. The molecule has 23 heavy (non-hydrogen) atoms. The predicted molar refractivity (Wildman–Crippen MR) is 88.7 cm³/mol. The zero-order chi connectivity index (χ0) is 16.8. The minimum absolute atomic E-state index is 0.0203. The third-order valence-electron chi connectivity index (χ3n) is 3.25. The van der Waals surface area contributed by atoms with E-state index in [0.29, 0.717) is 16.8 Å². The average molecular weight is 373 g/mol. The number of hydrogen-bond donors (Lipinski definition) is 1. The number of anilines is 1. The molecule has 120 valence electrons. The lowest BCUT2D eigenvalue weighted by molar-refractivity contribution is 0.528. The van der Waals surface area contributed by atoms with Crippen LogP contribution in [0.15, 0.2) is 50.5 Å². The fraction of sp³-hybridized carbons (Fsp3) is 0.0714. The maximum atomic E-state index is 12.4. The van der Waals surface area contributed by atoms with E-state index in [9.17, 15) is 13.2 Å². The number of aromatic nitrogens is 1. The fourth-order valence-electron chi connectivity index (χ4n) is 2.05. The highest BCUT2D eigenvalue weighted by atomic mass is 35.5. The highest BCUT2D eigenvalue weighted by Gasteiger charge is 2.16. The van der Waals surface area contributed by atoms with Crippen molar-refractivity contribution >= 4 is 50.0 Å². The van der Waals surface area contributed by atoms with Crippen LogP contribution in [0.4, 0.5) is 5.69 Å². The van der Waals surface area contributed by atoms with Crippen molar-refractivity contribution in [1.82, 2.24) is 4.57 Å². The van der Waals surface area contributed by atoms with E-state index in [4.69, 9.17) is 27.6 Å². The van der Waals surface area contributed by atoms with Crippen molar-refractivity contribution in [3.05, 3.63) is 57.0 Å². The molecular weight excluding hydrogens is 363 g/mol. The molecule has 0 aliphatic heterocycles. The van der Waals surface area contributed by atoms with Crippen molar-refractivity contribution in [2.45, 2.75) is 4.90 Å². The first-order valence-electron chi connectivity index (χ1n) is 6.35. The number of hydrogen-bond acceptors (Lipinski definition) is 4. The van der Waals surface area contributed by atoms with Gasteiger partial charge in [-0.15, -0.1) is 0 Å². The molecule has 0 saturated heterocycles. The van der Waals surface area contributed by atoms with Crippen LogP contribution in [0.25, 0.3) is 11.1 Å². The second kappa shape index (κ2) is 5.59. The summed E-state index contributed by atoms with van der Waals surface area (Å²) < 4.78 is 33.5. The number of benzene rings is 2. The summed E-state index contributed by atoms with van der Waals surface area (Å²) in [5, 5.41) is 0.405. The van der Waals surface area contributed by atoms with Crippen molar-refractivity contribution < 1.29 is 12.8 Å². The topological polar surface area (TPSA) is 81.3 Å². The predicted octanol–water partition coefficient (Wildman–Crippen LogP) is 3.24. The first kappa shape index (κ1) is 15.9. The van der Waals surface area contributed by atoms with E-state index in [1.807, 2.05) is 0 Å². The van der Waals surface area contributed by atoms with E-state index in [2.05, 4.69) is 4.72 Å². The number of nitrogens with one attached hydrogen (secondary N) is 1. The van der Waals surface area contributed by atoms with Gasteiger partial charge in [0, 0.05) is 7.05 Å². The summed E-state index contributed by atoms with van der Waals surface area (Å²) in [5.74, 6) is -0.524. The second-order valence-corrected chi connectivity index (χ2v) is 7.29. The number of sulfonamides is 1. The number of fused-ring (bicyclic) bond motifs is 1. The van der Waals surface area contributed by atoms with Crippen molar-refractivity contribution in [2.24, 2.45) is 7.05 Å². The maximum Gasteiger partial charge on any atom is 0.419 e. The summed E-state index contributed by atoms with van der Waals surface area (Å²) in [5.41, 5.74) is 1.14. The van der Waals surface area contributed by atoms with Gasteiger partial charge in [0.15, 0.2) is 5.58 Å². The number of halogens is 2. The van der Waals surface area contributed by atoms with Gasteiger partial charge in [0.05, 0.1) is 26.1 Å². The van der Waals surface area contributed by atoms with Gasteiger partial charge in [-0.2, -0.15) is 0 Å². The van der Waals surface area contributed by atoms with Crippen LogP contribution in [0.3, 0.4) is 0 Å². The molecule has 0 bridgehead atoms. The van der Waals surface area contributed by atoms with E-state index in [0.717, 1.165) is 0 Å². The summed E-state index contributed by atoms with van der Waals surface area (Å²) in [6.45, 7) is 0.